The number of hydrogen-bond donors (Lipinski definition) is 0. The van der Waals surface area contributed by atoms with E-state index in [9.17, 15) is 4.79 Å². The number of methoxy groups -OCH3 is 1. The zero-order valence-electron chi connectivity index (χ0n) is 9.00. The minimum Gasteiger partial charge on any atom is -0.436 e. The summed E-state index contributed by atoms with van der Waals surface area (Å²) in [4.78, 5) is 11.4. The molecule has 0 aliphatic rings. The molecule has 5 heteroatoms. The number of benzene rings is 1. The monoisotopic (exact) mass is 262 g/mol. The van der Waals surface area contributed by atoms with Crippen LogP contribution >= 0.6 is 23.2 Å². The molecule has 0 amide bonds. The molecule has 1 rings (SSSR count). The van der Waals surface area contributed by atoms with Crippen molar-refractivity contribution < 1.29 is 14.3 Å². The molecule has 0 radical (unpaired) electrons. The number of halogens is 2. The zero-order chi connectivity index (χ0) is 12.1. The average molecular weight is 263 g/mol. The van der Waals surface area contributed by atoms with Crippen molar-refractivity contribution in [2.24, 2.45) is 0 Å². The topological polar surface area (TPSA) is 35.5 Å². The third-order valence-electron chi connectivity index (χ3n) is 2.00. The van der Waals surface area contributed by atoms with Crippen LogP contribution in [-0.2, 0) is 20.7 Å². The maximum absolute atomic E-state index is 11.4. The molecule has 88 valence electrons. The normalized spacial score (nSPS) is 12.2. The van der Waals surface area contributed by atoms with Crippen molar-refractivity contribution in [3.8, 4) is 0 Å². The van der Waals surface area contributed by atoms with E-state index in [1.165, 1.54) is 7.11 Å². The van der Waals surface area contributed by atoms with Gasteiger partial charge in [-0.2, -0.15) is 0 Å². The van der Waals surface area contributed by atoms with Crippen molar-refractivity contribution in [2.45, 2.75) is 19.6 Å². The Hall–Kier alpha value is -0.770. The van der Waals surface area contributed by atoms with Crippen LogP contribution in [0.2, 0.25) is 10.0 Å². The summed E-state index contributed by atoms with van der Waals surface area (Å²) < 4.78 is 9.75. The van der Waals surface area contributed by atoms with E-state index in [0.717, 1.165) is 0 Å². The van der Waals surface area contributed by atoms with E-state index >= 15 is 0 Å². The van der Waals surface area contributed by atoms with Crippen molar-refractivity contribution in [3.63, 3.8) is 0 Å². The fourth-order valence-corrected chi connectivity index (χ4v) is 1.50. The molecule has 0 aliphatic carbocycles. The highest BCUT2D eigenvalue weighted by Crippen LogP contribution is 2.25. The lowest BCUT2D eigenvalue weighted by Gasteiger charge is -2.11. The van der Waals surface area contributed by atoms with Crippen molar-refractivity contribution >= 4 is 29.2 Å². The number of rotatable bonds is 4. The molecule has 1 atom stereocenters. The Balaban J connectivity index is 2.66. The number of carbonyl (C=O) groups excluding carboxylic acids is 1. The number of ether oxygens (including phenoxy) is 2. The molecule has 1 aromatic rings. The SMILES string of the molecule is COC(C)OC(=O)Cc1cccc(Cl)c1Cl. The molecule has 0 bridgehead atoms. The standard InChI is InChI=1S/C11H12Cl2O3/c1-7(15-2)16-10(14)6-8-4-3-5-9(12)11(8)13/h3-5,7H,6H2,1-2H3. The second-order valence-electron chi connectivity index (χ2n) is 3.18. The van der Waals surface area contributed by atoms with E-state index in [2.05, 4.69) is 0 Å². The van der Waals surface area contributed by atoms with Gasteiger partial charge in [0.1, 0.15) is 0 Å². The fourth-order valence-electron chi connectivity index (χ4n) is 1.12. The van der Waals surface area contributed by atoms with E-state index in [1.54, 1.807) is 25.1 Å². The Morgan fingerprint density at radius 3 is 2.75 bits per heavy atom. The largest absolute Gasteiger partial charge is 0.436 e. The van der Waals surface area contributed by atoms with Gasteiger partial charge in [-0.1, -0.05) is 35.3 Å². The van der Waals surface area contributed by atoms with Gasteiger partial charge in [0.15, 0.2) is 6.29 Å². The van der Waals surface area contributed by atoms with Crippen molar-refractivity contribution in [1.29, 1.82) is 0 Å². The molecule has 0 fully saturated rings. The summed E-state index contributed by atoms with van der Waals surface area (Å²) in [5, 5.41) is 0.804. The quantitative estimate of drug-likeness (QED) is 0.618. The molecule has 0 saturated heterocycles. The summed E-state index contributed by atoms with van der Waals surface area (Å²) in [5.41, 5.74) is 0.641. The first-order valence-corrected chi connectivity index (χ1v) is 5.45. The molecule has 0 spiro atoms. The van der Waals surface area contributed by atoms with Crippen LogP contribution in [-0.4, -0.2) is 19.4 Å². The first-order chi connectivity index (χ1) is 7.54. The number of hydrogen-bond acceptors (Lipinski definition) is 3. The van der Waals surface area contributed by atoms with Gasteiger partial charge in [0.25, 0.3) is 0 Å². The van der Waals surface area contributed by atoms with E-state index in [-0.39, 0.29) is 6.42 Å². The molecule has 0 heterocycles. The van der Waals surface area contributed by atoms with Crippen molar-refractivity contribution in [2.75, 3.05) is 7.11 Å². The van der Waals surface area contributed by atoms with Crippen molar-refractivity contribution in [3.05, 3.63) is 33.8 Å². The lowest BCUT2D eigenvalue weighted by Crippen LogP contribution is -2.18. The maximum Gasteiger partial charge on any atom is 0.312 e. The third-order valence-corrected chi connectivity index (χ3v) is 2.85. The second-order valence-corrected chi connectivity index (χ2v) is 3.97. The third kappa shape index (κ3) is 3.67. The van der Waals surface area contributed by atoms with Gasteiger partial charge in [0, 0.05) is 7.11 Å². The Kier molecular flexibility index (Phi) is 5.06. The smallest absolute Gasteiger partial charge is 0.312 e. The van der Waals surface area contributed by atoms with Crippen LogP contribution in [0, 0.1) is 0 Å². The Morgan fingerprint density at radius 1 is 1.44 bits per heavy atom. The Bertz CT molecular complexity index is 379. The molecular weight excluding hydrogens is 251 g/mol. The molecular formula is C11H12Cl2O3. The second kappa shape index (κ2) is 6.09. The van der Waals surface area contributed by atoms with Gasteiger partial charge in [0.2, 0.25) is 0 Å². The van der Waals surface area contributed by atoms with Gasteiger partial charge >= 0.3 is 5.97 Å². The van der Waals surface area contributed by atoms with Crippen LogP contribution in [0.25, 0.3) is 0 Å². The first-order valence-electron chi connectivity index (χ1n) is 4.69. The van der Waals surface area contributed by atoms with Gasteiger partial charge in [0.05, 0.1) is 16.5 Å². The highest BCUT2D eigenvalue weighted by molar-refractivity contribution is 6.42. The summed E-state index contributed by atoms with van der Waals surface area (Å²) >= 11 is 11.8. The molecule has 1 aromatic carbocycles. The van der Waals surface area contributed by atoms with E-state index in [4.69, 9.17) is 32.7 Å². The molecule has 3 nitrogen and oxygen atoms in total. The number of esters is 1. The molecule has 0 saturated carbocycles. The summed E-state index contributed by atoms with van der Waals surface area (Å²) in [5.74, 6) is -0.404. The zero-order valence-corrected chi connectivity index (χ0v) is 10.5. The van der Waals surface area contributed by atoms with Gasteiger partial charge in [-0.25, -0.2) is 0 Å². The predicted molar refractivity (Wildman–Crippen MR) is 62.7 cm³/mol. The first kappa shape index (κ1) is 13.3. The lowest BCUT2D eigenvalue weighted by molar-refractivity contribution is -0.168. The fraction of sp³-hybridized carbons (Fsp3) is 0.364. The van der Waals surface area contributed by atoms with E-state index in [0.29, 0.717) is 15.6 Å². The number of carbonyl (C=O) groups is 1. The van der Waals surface area contributed by atoms with E-state index in [1.807, 2.05) is 0 Å². The molecule has 1 unspecified atom stereocenters. The summed E-state index contributed by atoms with van der Waals surface area (Å²) in [7, 11) is 1.46. The van der Waals surface area contributed by atoms with Crippen LogP contribution in [0.4, 0.5) is 0 Å². The Labute approximate surface area is 104 Å². The summed E-state index contributed by atoms with van der Waals surface area (Å²) in [6.07, 6.45) is -0.488. The summed E-state index contributed by atoms with van der Waals surface area (Å²) in [6.45, 7) is 1.64. The molecule has 0 aromatic heterocycles. The van der Waals surface area contributed by atoms with Crippen LogP contribution in [0.5, 0.6) is 0 Å². The van der Waals surface area contributed by atoms with Crippen LogP contribution in [0.3, 0.4) is 0 Å². The van der Waals surface area contributed by atoms with Crippen LogP contribution in [0.15, 0.2) is 18.2 Å². The predicted octanol–water partition coefficient (Wildman–Crippen LogP) is 3.07. The highest BCUT2D eigenvalue weighted by Gasteiger charge is 2.12. The average Bonchev–Trinajstić information content (AvgIpc) is 2.24. The van der Waals surface area contributed by atoms with Crippen LogP contribution in [0.1, 0.15) is 12.5 Å². The van der Waals surface area contributed by atoms with Gasteiger partial charge in [-0.15, -0.1) is 0 Å². The van der Waals surface area contributed by atoms with Crippen molar-refractivity contribution in [1.82, 2.24) is 0 Å². The highest BCUT2D eigenvalue weighted by atomic mass is 35.5. The van der Waals surface area contributed by atoms with Crippen LogP contribution < -0.4 is 0 Å². The lowest BCUT2D eigenvalue weighted by atomic mass is 10.1. The molecule has 0 aliphatic heterocycles. The van der Waals surface area contributed by atoms with E-state index < -0.39 is 12.3 Å². The maximum atomic E-state index is 11.4. The minimum absolute atomic E-state index is 0.0765. The molecule has 0 N–H and O–H groups in total. The van der Waals surface area contributed by atoms with Gasteiger partial charge in [-0.05, 0) is 18.6 Å². The molecule has 16 heavy (non-hydrogen) atoms. The van der Waals surface area contributed by atoms with Gasteiger partial charge < -0.3 is 9.47 Å². The minimum atomic E-state index is -0.564. The van der Waals surface area contributed by atoms with Gasteiger partial charge in [-0.3, -0.25) is 4.79 Å². The Morgan fingerprint density at radius 2 is 2.12 bits per heavy atom. The summed E-state index contributed by atoms with van der Waals surface area (Å²) in [6, 6.07) is 5.13.